The zero-order valence-electron chi connectivity index (χ0n) is 17.2. The first kappa shape index (κ1) is 19.9. The second kappa shape index (κ2) is 7.78. The van der Waals surface area contributed by atoms with Gasteiger partial charge in [0.15, 0.2) is 0 Å². The number of carbonyl (C=O) groups excluding carboxylic acids is 3. The highest BCUT2D eigenvalue weighted by atomic mass is 16.2. The molecule has 1 aromatic carbocycles. The van der Waals surface area contributed by atoms with Crippen LogP contribution in [-0.2, 0) is 16.0 Å². The number of urea groups is 1. The Kier molecular flexibility index (Phi) is 5.34. The molecule has 0 bridgehead atoms. The SMILES string of the molecule is CCc1ccc(C2CNCCN2C(=O)C(C)N2C(=O)NC3(CCCC3)C2=O)cc1. The van der Waals surface area contributed by atoms with Gasteiger partial charge in [-0.05, 0) is 37.3 Å². The molecular weight excluding hydrogens is 368 g/mol. The van der Waals surface area contributed by atoms with Crippen molar-refractivity contribution in [1.82, 2.24) is 20.4 Å². The van der Waals surface area contributed by atoms with Crippen LogP contribution in [0.5, 0.6) is 0 Å². The molecule has 156 valence electrons. The van der Waals surface area contributed by atoms with Gasteiger partial charge in [-0.3, -0.25) is 9.59 Å². The monoisotopic (exact) mass is 398 g/mol. The number of aryl methyl sites for hydroxylation is 1. The molecule has 2 heterocycles. The van der Waals surface area contributed by atoms with Gasteiger partial charge in [-0.2, -0.15) is 0 Å². The lowest BCUT2D eigenvalue weighted by molar-refractivity contribution is -0.145. The number of benzene rings is 1. The van der Waals surface area contributed by atoms with E-state index >= 15 is 0 Å². The number of piperazine rings is 1. The Bertz CT molecular complexity index is 801. The van der Waals surface area contributed by atoms with Crippen molar-refractivity contribution in [3.8, 4) is 0 Å². The van der Waals surface area contributed by atoms with Crippen LogP contribution in [-0.4, -0.2) is 58.9 Å². The van der Waals surface area contributed by atoms with Gasteiger partial charge in [-0.15, -0.1) is 0 Å². The summed E-state index contributed by atoms with van der Waals surface area (Å²) in [7, 11) is 0. The van der Waals surface area contributed by atoms with Crippen molar-refractivity contribution in [2.75, 3.05) is 19.6 Å². The van der Waals surface area contributed by atoms with E-state index in [-0.39, 0.29) is 17.9 Å². The highest BCUT2D eigenvalue weighted by Gasteiger charge is 2.55. The number of nitrogens with one attached hydrogen (secondary N) is 2. The zero-order chi connectivity index (χ0) is 20.6. The minimum absolute atomic E-state index is 0.106. The van der Waals surface area contributed by atoms with E-state index < -0.39 is 17.6 Å². The molecule has 7 nitrogen and oxygen atoms in total. The van der Waals surface area contributed by atoms with Crippen molar-refractivity contribution in [2.24, 2.45) is 0 Å². The quantitative estimate of drug-likeness (QED) is 0.760. The zero-order valence-corrected chi connectivity index (χ0v) is 17.2. The molecular formula is C22H30N4O3. The fourth-order valence-corrected chi connectivity index (χ4v) is 4.90. The number of hydrogen-bond acceptors (Lipinski definition) is 4. The lowest BCUT2D eigenvalue weighted by atomic mass is 9.97. The molecule has 2 unspecified atom stereocenters. The number of imide groups is 1. The molecule has 4 amide bonds. The third-order valence-electron chi connectivity index (χ3n) is 6.69. The maximum atomic E-state index is 13.4. The highest BCUT2D eigenvalue weighted by Crippen LogP contribution is 2.36. The predicted molar refractivity (Wildman–Crippen MR) is 109 cm³/mol. The van der Waals surface area contributed by atoms with Crippen molar-refractivity contribution in [1.29, 1.82) is 0 Å². The third kappa shape index (κ3) is 3.41. The maximum Gasteiger partial charge on any atom is 0.325 e. The molecule has 1 saturated carbocycles. The first-order chi connectivity index (χ1) is 14.0. The first-order valence-electron chi connectivity index (χ1n) is 10.7. The number of hydrogen-bond donors (Lipinski definition) is 2. The largest absolute Gasteiger partial charge is 0.331 e. The lowest BCUT2D eigenvalue weighted by Gasteiger charge is -2.39. The fraction of sp³-hybridized carbons (Fsp3) is 0.591. The number of rotatable bonds is 4. The van der Waals surface area contributed by atoms with Crippen molar-refractivity contribution in [2.45, 2.75) is 63.6 Å². The van der Waals surface area contributed by atoms with E-state index in [4.69, 9.17) is 0 Å². The summed E-state index contributed by atoms with van der Waals surface area (Å²) in [4.78, 5) is 42.0. The van der Waals surface area contributed by atoms with E-state index in [1.54, 1.807) is 6.92 Å². The van der Waals surface area contributed by atoms with Gasteiger partial charge < -0.3 is 15.5 Å². The molecule has 2 aliphatic heterocycles. The number of carbonyl (C=O) groups is 3. The number of nitrogens with zero attached hydrogens (tertiary/aromatic N) is 2. The van der Waals surface area contributed by atoms with Crippen LogP contribution in [0.4, 0.5) is 4.79 Å². The van der Waals surface area contributed by atoms with Crippen molar-refractivity contribution >= 4 is 17.8 Å². The van der Waals surface area contributed by atoms with E-state index in [0.717, 1.165) is 29.7 Å². The Balaban J connectivity index is 1.54. The standard InChI is InChI=1S/C22H30N4O3/c1-3-16-6-8-17(9-7-16)18-14-23-12-13-25(18)19(27)15(2)26-20(28)22(24-21(26)29)10-4-5-11-22/h6-9,15,18,23H,3-5,10-14H2,1-2H3,(H,24,29). The molecule has 7 heteroatoms. The van der Waals surface area contributed by atoms with Crippen LogP contribution in [0.15, 0.2) is 24.3 Å². The lowest BCUT2D eigenvalue weighted by Crippen LogP contribution is -2.56. The van der Waals surface area contributed by atoms with E-state index in [9.17, 15) is 14.4 Å². The summed E-state index contributed by atoms with van der Waals surface area (Å²) in [6, 6.07) is 6.99. The van der Waals surface area contributed by atoms with Gasteiger partial charge in [0.1, 0.15) is 11.6 Å². The summed E-state index contributed by atoms with van der Waals surface area (Å²) >= 11 is 0. The smallest absolute Gasteiger partial charge is 0.325 e. The predicted octanol–water partition coefficient (Wildman–Crippen LogP) is 1.97. The third-order valence-corrected chi connectivity index (χ3v) is 6.69. The Morgan fingerprint density at radius 1 is 1.21 bits per heavy atom. The molecule has 2 atom stereocenters. The van der Waals surface area contributed by atoms with Crippen LogP contribution in [0.2, 0.25) is 0 Å². The minimum Gasteiger partial charge on any atom is -0.331 e. The molecule has 29 heavy (non-hydrogen) atoms. The highest BCUT2D eigenvalue weighted by molar-refractivity contribution is 6.10. The Hall–Kier alpha value is -2.41. The molecule has 1 aromatic rings. The van der Waals surface area contributed by atoms with Gasteiger partial charge in [0.2, 0.25) is 5.91 Å². The summed E-state index contributed by atoms with van der Waals surface area (Å²) in [5.74, 6) is -0.408. The van der Waals surface area contributed by atoms with Crippen molar-refractivity contribution < 1.29 is 14.4 Å². The Morgan fingerprint density at radius 3 is 2.55 bits per heavy atom. The van der Waals surface area contributed by atoms with Gasteiger partial charge in [-0.25, -0.2) is 9.69 Å². The minimum atomic E-state index is -0.807. The van der Waals surface area contributed by atoms with Gasteiger partial charge in [-0.1, -0.05) is 44.0 Å². The van der Waals surface area contributed by atoms with Crippen LogP contribution in [0.1, 0.15) is 56.7 Å². The van der Waals surface area contributed by atoms with Crippen molar-refractivity contribution in [3.05, 3.63) is 35.4 Å². The van der Waals surface area contributed by atoms with Crippen molar-refractivity contribution in [3.63, 3.8) is 0 Å². The van der Waals surface area contributed by atoms with Crippen LogP contribution < -0.4 is 10.6 Å². The molecule has 0 aromatic heterocycles. The molecule has 0 radical (unpaired) electrons. The van der Waals surface area contributed by atoms with Gasteiger partial charge >= 0.3 is 6.03 Å². The summed E-state index contributed by atoms with van der Waals surface area (Å²) in [5.41, 5.74) is 1.54. The summed E-state index contributed by atoms with van der Waals surface area (Å²) in [6.45, 7) is 5.70. The second-order valence-electron chi connectivity index (χ2n) is 8.42. The van der Waals surface area contributed by atoms with Crippen LogP contribution in [0.25, 0.3) is 0 Å². The molecule has 3 aliphatic rings. The van der Waals surface area contributed by atoms with E-state index in [1.165, 1.54) is 5.56 Å². The van der Waals surface area contributed by atoms with Gasteiger partial charge in [0.05, 0.1) is 6.04 Å². The fourth-order valence-electron chi connectivity index (χ4n) is 4.90. The van der Waals surface area contributed by atoms with E-state index in [0.29, 0.717) is 32.5 Å². The summed E-state index contributed by atoms with van der Waals surface area (Å²) in [5, 5.41) is 6.24. The Labute approximate surface area is 171 Å². The summed E-state index contributed by atoms with van der Waals surface area (Å²) < 4.78 is 0. The van der Waals surface area contributed by atoms with E-state index in [1.807, 2.05) is 4.90 Å². The second-order valence-corrected chi connectivity index (χ2v) is 8.42. The van der Waals surface area contributed by atoms with Crippen LogP contribution in [0.3, 0.4) is 0 Å². The molecule has 2 saturated heterocycles. The molecule has 3 fully saturated rings. The average molecular weight is 399 g/mol. The molecule has 1 aliphatic carbocycles. The van der Waals surface area contributed by atoms with Gasteiger partial charge in [0.25, 0.3) is 5.91 Å². The molecule has 2 N–H and O–H groups in total. The number of amides is 4. The first-order valence-corrected chi connectivity index (χ1v) is 10.7. The topological polar surface area (TPSA) is 81.8 Å². The summed E-state index contributed by atoms with van der Waals surface area (Å²) in [6.07, 6.45) is 4.15. The Morgan fingerprint density at radius 2 is 1.90 bits per heavy atom. The van der Waals surface area contributed by atoms with Gasteiger partial charge in [0, 0.05) is 19.6 Å². The maximum absolute atomic E-state index is 13.4. The average Bonchev–Trinajstić information content (AvgIpc) is 3.31. The molecule has 4 rings (SSSR count). The van der Waals surface area contributed by atoms with Crippen LogP contribution in [0, 0.1) is 0 Å². The molecule has 1 spiro atoms. The van der Waals surface area contributed by atoms with E-state index in [2.05, 4.69) is 41.8 Å². The van der Waals surface area contributed by atoms with Crippen LogP contribution >= 0.6 is 0 Å². The normalized spacial score (nSPS) is 24.8.